The van der Waals surface area contributed by atoms with E-state index < -0.39 is 0 Å². The molecule has 0 aromatic heterocycles. The first-order valence-corrected chi connectivity index (χ1v) is 7.27. The fraction of sp³-hybridized carbons (Fsp3) is 0.294. The topological polar surface area (TPSA) is 41.7 Å². The Morgan fingerprint density at radius 3 is 1.95 bits per heavy atom. The van der Waals surface area contributed by atoms with Crippen molar-refractivity contribution >= 4 is 17.1 Å². The van der Waals surface area contributed by atoms with Crippen LogP contribution in [0.3, 0.4) is 0 Å². The van der Waals surface area contributed by atoms with Crippen molar-refractivity contribution in [3.63, 3.8) is 0 Å². The van der Waals surface area contributed by atoms with Crippen LogP contribution in [0.15, 0.2) is 48.5 Å². The fourth-order valence-corrected chi connectivity index (χ4v) is 2.85. The molecule has 1 heterocycles. The van der Waals surface area contributed by atoms with Gasteiger partial charge in [0.2, 0.25) is 0 Å². The molecule has 0 aliphatic carbocycles. The van der Waals surface area contributed by atoms with Gasteiger partial charge in [0.15, 0.2) is 0 Å². The van der Waals surface area contributed by atoms with Crippen molar-refractivity contribution in [3.05, 3.63) is 48.5 Å². The standard InChI is InChI=1S/C17H21N3O/c1-21-17-9-5-4-8-16(17)20-12-10-19(11-13-20)15-7-3-2-6-14(15)18/h2-9H,10-13,18H2,1H3. The lowest BCUT2D eigenvalue weighted by molar-refractivity contribution is 0.413. The van der Waals surface area contributed by atoms with Gasteiger partial charge in [0, 0.05) is 26.2 Å². The van der Waals surface area contributed by atoms with E-state index >= 15 is 0 Å². The largest absolute Gasteiger partial charge is 0.495 e. The number of methoxy groups -OCH3 is 1. The van der Waals surface area contributed by atoms with Gasteiger partial charge in [-0.05, 0) is 24.3 Å². The SMILES string of the molecule is COc1ccccc1N1CCN(c2ccccc2N)CC1. The van der Waals surface area contributed by atoms with Gasteiger partial charge in [-0.3, -0.25) is 0 Å². The van der Waals surface area contributed by atoms with Gasteiger partial charge < -0.3 is 20.3 Å². The molecule has 0 atom stereocenters. The van der Waals surface area contributed by atoms with Crippen molar-refractivity contribution in [2.24, 2.45) is 0 Å². The predicted molar refractivity (Wildman–Crippen MR) is 88.3 cm³/mol. The van der Waals surface area contributed by atoms with E-state index in [4.69, 9.17) is 10.5 Å². The summed E-state index contributed by atoms with van der Waals surface area (Å²) >= 11 is 0. The molecular formula is C17H21N3O. The summed E-state index contributed by atoms with van der Waals surface area (Å²) < 4.78 is 5.45. The van der Waals surface area contributed by atoms with E-state index in [2.05, 4.69) is 28.0 Å². The third-order valence-electron chi connectivity index (χ3n) is 3.98. The van der Waals surface area contributed by atoms with Crippen LogP contribution in [0.1, 0.15) is 0 Å². The Balaban J connectivity index is 1.72. The number of ether oxygens (including phenoxy) is 1. The molecule has 1 aliphatic rings. The van der Waals surface area contributed by atoms with E-state index in [1.54, 1.807) is 7.11 Å². The summed E-state index contributed by atoms with van der Waals surface area (Å²) in [5.41, 5.74) is 9.22. The van der Waals surface area contributed by atoms with Crippen molar-refractivity contribution < 1.29 is 4.74 Å². The zero-order valence-electron chi connectivity index (χ0n) is 12.3. The fourth-order valence-electron chi connectivity index (χ4n) is 2.85. The quantitative estimate of drug-likeness (QED) is 0.879. The van der Waals surface area contributed by atoms with Crippen LogP contribution < -0.4 is 20.3 Å². The van der Waals surface area contributed by atoms with Crippen LogP contribution in [-0.2, 0) is 0 Å². The lowest BCUT2D eigenvalue weighted by atomic mass is 10.2. The molecule has 2 aromatic carbocycles. The number of para-hydroxylation sites is 4. The second-order valence-corrected chi connectivity index (χ2v) is 5.20. The van der Waals surface area contributed by atoms with Gasteiger partial charge in [-0.15, -0.1) is 0 Å². The smallest absolute Gasteiger partial charge is 0.142 e. The third kappa shape index (κ3) is 2.75. The molecule has 21 heavy (non-hydrogen) atoms. The minimum atomic E-state index is 0.850. The van der Waals surface area contributed by atoms with Crippen molar-refractivity contribution in [2.75, 3.05) is 48.8 Å². The Hall–Kier alpha value is -2.36. The van der Waals surface area contributed by atoms with Crippen LogP contribution in [0.5, 0.6) is 5.75 Å². The van der Waals surface area contributed by atoms with Crippen LogP contribution >= 0.6 is 0 Å². The molecule has 4 nitrogen and oxygen atoms in total. The van der Waals surface area contributed by atoms with Crippen molar-refractivity contribution in [1.82, 2.24) is 0 Å². The summed E-state index contributed by atoms with van der Waals surface area (Å²) in [4.78, 5) is 4.72. The molecule has 4 heteroatoms. The van der Waals surface area contributed by atoms with Crippen LogP contribution in [0.4, 0.5) is 17.1 Å². The van der Waals surface area contributed by atoms with E-state index in [0.717, 1.165) is 43.3 Å². The summed E-state index contributed by atoms with van der Waals surface area (Å²) in [5.74, 6) is 0.935. The molecule has 1 saturated heterocycles. The lowest BCUT2D eigenvalue weighted by Gasteiger charge is -2.38. The Bertz CT molecular complexity index is 606. The zero-order valence-corrected chi connectivity index (χ0v) is 12.3. The first-order chi connectivity index (χ1) is 10.3. The van der Waals surface area contributed by atoms with Gasteiger partial charge in [0.05, 0.1) is 24.2 Å². The van der Waals surface area contributed by atoms with Gasteiger partial charge in [-0.2, -0.15) is 0 Å². The average molecular weight is 283 g/mol. The molecular weight excluding hydrogens is 262 g/mol. The predicted octanol–water partition coefficient (Wildman–Crippen LogP) is 2.60. The molecule has 0 amide bonds. The Labute approximate surface area is 125 Å². The van der Waals surface area contributed by atoms with E-state index in [0.29, 0.717) is 0 Å². The van der Waals surface area contributed by atoms with Crippen LogP contribution in [0.25, 0.3) is 0 Å². The Morgan fingerprint density at radius 1 is 0.810 bits per heavy atom. The van der Waals surface area contributed by atoms with Crippen molar-refractivity contribution in [2.45, 2.75) is 0 Å². The van der Waals surface area contributed by atoms with Crippen LogP contribution in [0, 0.1) is 0 Å². The number of nitrogen functional groups attached to an aromatic ring is 1. The highest BCUT2D eigenvalue weighted by Gasteiger charge is 2.20. The molecule has 1 aliphatic heterocycles. The number of anilines is 3. The molecule has 2 N–H and O–H groups in total. The molecule has 0 bridgehead atoms. The highest BCUT2D eigenvalue weighted by atomic mass is 16.5. The number of piperazine rings is 1. The zero-order chi connectivity index (χ0) is 14.7. The molecule has 3 rings (SSSR count). The maximum absolute atomic E-state index is 6.07. The number of nitrogens with two attached hydrogens (primary N) is 1. The van der Waals surface area contributed by atoms with E-state index in [1.807, 2.05) is 30.3 Å². The molecule has 1 fully saturated rings. The molecule has 110 valence electrons. The summed E-state index contributed by atoms with van der Waals surface area (Å²) in [6, 6.07) is 16.3. The average Bonchev–Trinajstić information content (AvgIpc) is 2.55. The number of rotatable bonds is 3. The Kier molecular flexibility index (Phi) is 3.86. The lowest BCUT2D eigenvalue weighted by Crippen LogP contribution is -2.46. The molecule has 0 radical (unpaired) electrons. The second-order valence-electron chi connectivity index (χ2n) is 5.20. The summed E-state index contributed by atoms with van der Waals surface area (Å²) in [5, 5.41) is 0. The summed E-state index contributed by atoms with van der Waals surface area (Å²) in [7, 11) is 1.72. The second kappa shape index (κ2) is 5.95. The van der Waals surface area contributed by atoms with E-state index in [1.165, 1.54) is 5.69 Å². The molecule has 0 unspecified atom stereocenters. The van der Waals surface area contributed by atoms with Crippen LogP contribution in [0.2, 0.25) is 0 Å². The minimum absolute atomic E-state index is 0.850. The van der Waals surface area contributed by atoms with E-state index in [-0.39, 0.29) is 0 Å². The van der Waals surface area contributed by atoms with Gasteiger partial charge in [-0.25, -0.2) is 0 Å². The minimum Gasteiger partial charge on any atom is -0.495 e. The first-order valence-electron chi connectivity index (χ1n) is 7.27. The van der Waals surface area contributed by atoms with Gasteiger partial charge in [-0.1, -0.05) is 24.3 Å². The van der Waals surface area contributed by atoms with Gasteiger partial charge in [0.25, 0.3) is 0 Å². The maximum Gasteiger partial charge on any atom is 0.142 e. The normalized spacial score (nSPS) is 15.1. The number of nitrogens with zero attached hydrogens (tertiary/aromatic N) is 2. The van der Waals surface area contributed by atoms with Crippen molar-refractivity contribution in [3.8, 4) is 5.75 Å². The van der Waals surface area contributed by atoms with Gasteiger partial charge in [0.1, 0.15) is 5.75 Å². The number of hydrogen-bond donors (Lipinski definition) is 1. The van der Waals surface area contributed by atoms with Crippen molar-refractivity contribution in [1.29, 1.82) is 0 Å². The van der Waals surface area contributed by atoms with E-state index in [9.17, 15) is 0 Å². The summed E-state index contributed by atoms with van der Waals surface area (Å²) in [6.45, 7) is 3.86. The molecule has 0 spiro atoms. The van der Waals surface area contributed by atoms with Crippen LogP contribution in [-0.4, -0.2) is 33.3 Å². The number of hydrogen-bond acceptors (Lipinski definition) is 4. The highest BCUT2D eigenvalue weighted by molar-refractivity contribution is 5.68. The maximum atomic E-state index is 6.07. The summed E-state index contributed by atoms with van der Waals surface area (Å²) in [6.07, 6.45) is 0. The first kappa shape index (κ1) is 13.6. The third-order valence-corrected chi connectivity index (χ3v) is 3.98. The Morgan fingerprint density at radius 2 is 1.33 bits per heavy atom. The van der Waals surface area contributed by atoms with Gasteiger partial charge >= 0.3 is 0 Å². The molecule has 2 aromatic rings. The molecule has 0 saturated carbocycles. The number of benzene rings is 2. The highest BCUT2D eigenvalue weighted by Crippen LogP contribution is 2.30. The monoisotopic (exact) mass is 283 g/mol.